The lowest BCUT2D eigenvalue weighted by Crippen LogP contribution is -2.23. The van der Waals surface area contributed by atoms with Gasteiger partial charge in [0.25, 0.3) is 0 Å². The number of hydrogen-bond donors (Lipinski definition) is 3. The Kier molecular flexibility index (Phi) is 3.42. The molecule has 0 saturated heterocycles. The molecule has 0 amide bonds. The van der Waals surface area contributed by atoms with Gasteiger partial charge in [-0.3, -0.25) is 15.0 Å². The van der Waals surface area contributed by atoms with E-state index >= 15 is 0 Å². The number of benzene rings is 1. The van der Waals surface area contributed by atoms with Gasteiger partial charge in [0.1, 0.15) is 18.6 Å². The second kappa shape index (κ2) is 5.53. The molecule has 3 rings (SSSR count). The molecule has 1 unspecified atom stereocenters. The van der Waals surface area contributed by atoms with Gasteiger partial charge in [0, 0.05) is 0 Å². The first kappa shape index (κ1) is 13.0. The first-order valence-electron chi connectivity index (χ1n) is 6.26. The third kappa shape index (κ3) is 2.50. The number of nitrogens with zero attached hydrogens (tertiary/aromatic N) is 4. The maximum absolute atomic E-state index is 11.8. The maximum atomic E-state index is 11.8. The molecule has 8 nitrogen and oxygen atoms in total. The Morgan fingerprint density at radius 3 is 2.00 bits per heavy atom. The Labute approximate surface area is 119 Å². The molecule has 0 fully saturated rings. The quantitative estimate of drug-likeness (QED) is 0.640. The summed E-state index contributed by atoms with van der Waals surface area (Å²) in [5, 5.41) is 22.9. The fourth-order valence-corrected chi connectivity index (χ4v) is 2.29. The summed E-state index contributed by atoms with van der Waals surface area (Å²) in [5.74, 6) is -1.86. The van der Waals surface area contributed by atoms with Gasteiger partial charge in [-0.05, 0) is 5.56 Å². The molecule has 1 aromatic carbocycles. The van der Waals surface area contributed by atoms with E-state index in [0.29, 0.717) is 17.2 Å². The summed E-state index contributed by atoms with van der Waals surface area (Å²) in [4.78, 5) is 20.0. The second-order valence-electron chi connectivity index (χ2n) is 4.42. The van der Waals surface area contributed by atoms with Gasteiger partial charge in [0.2, 0.25) is 0 Å². The van der Waals surface area contributed by atoms with Crippen molar-refractivity contribution in [3.05, 3.63) is 60.2 Å². The average Bonchev–Trinajstić information content (AvgIpc) is 3.19. The average molecular weight is 284 g/mol. The van der Waals surface area contributed by atoms with Crippen LogP contribution in [0.3, 0.4) is 0 Å². The molecule has 0 spiro atoms. The summed E-state index contributed by atoms with van der Waals surface area (Å²) in [6, 6.07) is 8.92. The van der Waals surface area contributed by atoms with E-state index in [4.69, 9.17) is 0 Å². The van der Waals surface area contributed by atoms with Gasteiger partial charge < -0.3 is 5.11 Å². The van der Waals surface area contributed by atoms with Crippen molar-refractivity contribution in [3.8, 4) is 0 Å². The van der Waals surface area contributed by atoms with Gasteiger partial charge in [-0.2, -0.15) is 10.2 Å². The molecule has 8 heteroatoms. The molecule has 0 radical (unpaired) electrons. The fourth-order valence-electron chi connectivity index (χ4n) is 2.29. The van der Waals surface area contributed by atoms with E-state index in [-0.39, 0.29) is 0 Å². The number of carboxylic acid groups (broad SMARTS) is 1. The van der Waals surface area contributed by atoms with Gasteiger partial charge >= 0.3 is 5.97 Å². The highest BCUT2D eigenvalue weighted by Crippen LogP contribution is 2.35. The van der Waals surface area contributed by atoms with Crippen LogP contribution in [0.5, 0.6) is 0 Å². The van der Waals surface area contributed by atoms with Crippen molar-refractivity contribution in [2.45, 2.75) is 11.8 Å². The molecule has 2 aromatic heterocycles. The number of hydrogen-bond acceptors (Lipinski definition) is 5. The predicted molar refractivity (Wildman–Crippen MR) is 71.4 cm³/mol. The van der Waals surface area contributed by atoms with Gasteiger partial charge in [0.15, 0.2) is 11.6 Å². The second-order valence-corrected chi connectivity index (χ2v) is 4.42. The van der Waals surface area contributed by atoms with E-state index in [1.54, 1.807) is 24.3 Å². The SMILES string of the molecule is O=C(O)C(c1ccccc1)C(c1nc[nH]n1)c1nc[nH]n1. The minimum absolute atomic E-state index is 0.339. The zero-order valence-electron chi connectivity index (χ0n) is 10.8. The van der Waals surface area contributed by atoms with Crippen LogP contribution in [0.25, 0.3) is 0 Å². The topological polar surface area (TPSA) is 120 Å². The molecule has 2 heterocycles. The fraction of sp³-hybridized carbons (Fsp3) is 0.154. The standard InChI is InChI=1S/C13H12N6O2/c20-13(21)9(8-4-2-1-3-5-8)10(11-14-6-16-18-11)12-15-7-17-19-12/h1-7,9-10H,(H,20,21)(H,14,16,18)(H,15,17,19). The van der Waals surface area contributed by atoms with Crippen LogP contribution in [0.4, 0.5) is 0 Å². The minimum Gasteiger partial charge on any atom is -0.481 e. The van der Waals surface area contributed by atoms with Crippen molar-refractivity contribution in [2.75, 3.05) is 0 Å². The van der Waals surface area contributed by atoms with Crippen LogP contribution < -0.4 is 0 Å². The van der Waals surface area contributed by atoms with E-state index in [0.717, 1.165) is 0 Å². The normalized spacial score (nSPS) is 12.4. The monoisotopic (exact) mass is 284 g/mol. The smallest absolute Gasteiger partial charge is 0.312 e. The Hall–Kier alpha value is -3.03. The van der Waals surface area contributed by atoms with Crippen LogP contribution in [-0.2, 0) is 4.79 Å². The summed E-state index contributed by atoms with van der Waals surface area (Å²) >= 11 is 0. The van der Waals surface area contributed by atoms with Gasteiger partial charge in [-0.15, -0.1) is 0 Å². The molecular weight excluding hydrogens is 272 g/mol. The Balaban J connectivity index is 2.11. The summed E-state index contributed by atoms with van der Waals surface area (Å²) in [6.45, 7) is 0. The van der Waals surface area contributed by atoms with E-state index in [9.17, 15) is 9.90 Å². The molecule has 106 valence electrons. The van der Waals surface area contributed by atoms with Crippen LogP contribution >= 0.6 is 0 Å². The largest absolute Gasteiger partial charge is 0.481 e. The van der Waals surface area contributed by atoms with Gasteiger partial charge in [-0.25, -0.2) is 9.97 Å². The number of rotatable bonds is 5. The highest BCUT2D eigenvalue weighted by molar-refractivity contribution is 5.78. The van der Waals surface area contributed by atoms with Crippen LogP contribution in [-0.4, -0.2) is 41.4 Å². The lowest BCUT2D eigenvalue weighted by atomic mass is 9.85. The highest BCUT2D eigenvalue weighted by Gasteiger charge is 2.37. The molecule has 21 heavy (non-hydrogen) atoms. The number of aromatic nitrogens is 6. The van der Waals surface area contributed by atoms with E-state index in [2.05, 4.69) is 30.4 Å². The Bertz CT molecular complexity index is 661. The summed E-state index contributed by atoms with van der Waals surface area (Å²) in [6.07, 6.45) is 2.80. The number of carbonyl (C=O) groups is 1. The molecule has 0 aliphatic rings. The Morgan fingerprint density at radius 1 is 1.00 bits per heavy atom. The molecule has 3 N–H and O–H groups in total. The van der Waals surface area contributed by atoms with E-state index in [1.165, 1.54) is 12.7 Å². The van der Waals surface area contributed by atoms with Gasteiger partial charge in [-0.1, -0.05) is 30.3 Å². The number of aromatic amines is 2. The third-order valence-electron chi connectivity index (χ3n) is 3.18. The summed E-state index contributed by atoms with van der Waals surface area (Å²) in [7, 11) is 0. The maximum Gasteiger partial charge on any atom is 0.312 e. The van der Waals surface area contributed by atoms with Crippen LogP contribution in [0.2, 0.25) is 0 Å². The van der Waals surface area contributed by atoms with Crippen LogP contribution in [0.15, 0.2) is 43.0 Å². The van der Waals surface area contributed by atoms with E-state index < -0.39 is 17.8 Å². The first-order valence-corrected chi connectivity index (χ1v) is 6.26. The number of nitrogens with one attached hydrogen (secondary N) is 2. The minimum atomic E-state index is -0.985. The lowest BCUT2D eigenvalue weighted by molar-refractivity contribution is -0.139. The molecule has 1 atom stereocenters. The zero-order chi connectivity index (χ0) is 14.7. The molecule has 0 aliphatic carbocycles. The van der Waals surface area contributed by atoms with Crippen molar-refractivity contribution in [3.63, 3.8) is 0 Å². The van der Waals surface area contributed by atoms with Crippen molar-refractivity contribution in [2.24, 2.45) is 0 Å². The lowest BCUT2D eigenvalue weighted by Gasteiger charge is -2.19. The summed E-state index contributed by atoms with van der Waals surface area (Å²) < 4.78 is 0. The zero-order valence-corrected chi connectivity index (χ0v) is 10.8. The predicted octanol–water partition coefficient (Wildman–Crippen LogP) is 0.923. The van der Waals surface area contributed by atoms with Crippen LogP contribution in [0, 0.1) is 0 Å². The Morgan fingerprint density at radius 2 is 1.57 bits per heavy atom. The third-order valence-corrected chi connectivity index (χ3v) is 3.18. The molecule has 3 aromatic rings. The number of H-pyrrole nitrogens is 2. The van der Waals surface area contributed by atoms with Crippen LogP contribution in [0.1, 0.15) is 29.0 Å². The molecule has 0 aliphatic heterocycles. The van der Waals surface area contributed by atoms with Gasteiger partial charge in [0.05, 0.1) is 5.92 Å². The summed E-state index contributed by atoms with van der Waals surface area (Å²) in [5.41, 5.74) is 0.643. The highest BCUT2D eigenvalue weighted by atomic mass is 16.4. The molecule has 0 bridgehead atoms. The number of carboxylic acids is 1. The molecular formula is C13H12N6O2. The molecule has 0 saturated carbocycles. The van der Waals surface area contributed by atoms with Crippen molar-refractivity contribution >= 4 is 5.97 Å². The number of aliphatic carboxylic acids is 1. The van der Waals surface area contributed by atoms with Crippen molar-refractivity contribution < 1.29 is 9.90 Å². The van der Waals surface area contributed by atoms with E-state index in [1.807, 2.05) is 6.07 Å². The van der Waals surface area contributed by atoms with Crippen molar-refractivity contribution in [1.82, 2.24) is 30.4 Å². The first-order chi connectivity index (χ1) is 10.3. The van der Waals surface area contributed by atoms with Crippen molar-refractivity contribution in [1.29, 1.82) is 0 Å².